The molecule has 1 amide bonds. The molecule has 0 heterocycles. The highest BCUT2D eigenvalue weighted by Crippen LogP contribution is 2.44. The molecule has 25 heavy (non-hydrogen) atoms. The molecule has 0 aliphatic heterocycles. The first kappa shape index (κ1) is 17.7. The van der Waals surface area contributed by atoms with E-state index in [1.165, 1.54) is 0 Å². The molecule has 0 spiro atoms. The van der Waals surface area contributed by atoms with Gasteiger partial charge in [0.05, 0.1) is 12.0 Å². The van der Waals surface area contributed by atoms with Crippen LogP contribution in [0.5, 0.6) is 0 Å². The molecular formula is C21H22ClNO2. The zero-order chi connectivity index (χ0) is 17.8. The second-order valence-corrected chi connectivity index (χ2v) is 6.87. The van der Waals surface area contributed by atoms with Gasteiger partial charge in [0.2, 0.25) is 5.91 Å². The van der Waals surface area contributed by atoms with Gasteiger partial charge in [-0.25, -0.2) is 0 Å². The number of halogens is 1. The van der Waals surface area contributed by atoms with E-state index in [1.54, 1.807) is 35.2 Å². The molecule has 1 fully saturated rings. The zero-order valence-electron chi connectivity index (χ0n) is 14.0. The molecule has 1 N–H and O–H groups in total. The van der Waals surface area contributed by atoms with E-state index in [4.69, 9.17) is 11.6 Å². The Hall–Kier alpha value is -2.10. The number of para-hydroxylation sites is 1. The number of rotatable bonds is 7. The average molecular weight is 356 g/mol. The smallest absolute Gasteiger partial charge is 0.233 e. The Kier molecular flexibility index (Phi) is 5.57. The van der Waals surface area contributed by atoms with Gasteiger partial charge in [-0.05, 0) is 48.6 Å². The molecule has 0 radical (unpaired) electrons. The van der Waals surface area contributed by atoms with Gasteiger partial charge in [0.25, 0.3) is 0 Å². The number of benzene rings is 2. The molecular weight excluding hydrogens is 334 g/mol. The van der Waals surface area contributed by atoms with Gasteiger partial charge in [-0.2, -0.15) is 0 Å². The quantitative estimate of drug-likeness (QED) is 0.736. The number of nitrogens with zero attached hydrogens (tertiary/aromatic N) is 1. The number of hydrogen-bond acceptors (Lipinski definition) is 2. The van der Waals surface area contributed by atoms with Crippen LogP contribution >= 0.6 is 11.6 Å². The summed E-state index contributed by atoms with van der Waals surface area (Å²) >= 11 is 5.94. The minimum absolute atomic E-state index is 0.0592. The molecule has 2 atom stereocenters. The SMILES string of the molecule is C=CCN(C(=O)[C@@H](C1CC1)[C@@H](O)c1ccc(Cl)cc1)c1ccccc1. The van der Waals surface area contributed by atoms with Crippen molar-refractivity contribution in [3.63, 3.8) is 0 Å². The van der Waals surface area contributed by atoms with Crippen LogP contribution in [0.3, 0.4) is 0 Å². The topological polar surface area (TPSA) is 40.5 Å². The molecule has 0 saturated heterocycles. The molecule has 0 aromatic heterocycles. The van der Waals surface area contributed by atoms with E-state index in [9.17, 15) is 9.90 Å². The summed E-state index contributed by atoms with van der Waals surface area (Å²) in [6, 6.07) is 16.6. The summed E-state index contributed by atoms with van der Waals surface area (Å²) in [6.45, 7) is 4.19. The van der Waals surface area contributed by atoms with Crippen LogP contribution in [0.2, 0.25) is 5.02 Å². The molecule has 2 aromatic carbocycles. The van der Waals surface area contributed by atoms with Gasteiger partial charge in [0.15, 0.2) is 0 Å². The first-order valence-corrected chi connectivity index (χ1v) is 8.90. The fourth-order valence-electron chi connectivity index (χ4n) is 3.16. The van der Waals surface area contributed by atoms with E-state index in [0.717, 1.165) is 24.1 Å². The van der Waals surface area contributed by atoms with E-state index in [2.05, 4.69) is 6.58 Å². The molecule has 1 saturated carbocycles. The lowest BCUT2D eigenvalue weighted by Gasteiger charge is -2.29. The maximum absolute atomic E-state index is 13.3. The summed E-state index contributed by atoms with van der Waals surface area (Å²) in [5, 5.41) is 11.5. The van der Waals surface area contributed by atoms with Gasteiger partial charge in [-0.15, -0.1) is 6.58 Å². The molecule has 2 aromatic rings. The van der Waals surface area contributed by atoms with Gasteiger partial charge in [-0.3, -0.25) is 4.79 Å². The van der Waals surface area contributed by atoms with Crippen LogP contribution < -0.4 is 4.90 Å². The average Bonchev–Trinajstić information content (AvgIpc) is 3.46. The van der Waals surface area contributed by atoms with Crippen molar-refractivity contribution in [2.45, 2.75) is 18.9 Å². The summed E-state index contributed by atoms with van der Waals surface area (Å²) < 4.78 is 0. The Balaban J connectivity index is 1.89. The van der Waals surface area contributed by atoms with E-state index in [0.29, 0.717) is 11.6 Å². The lowest BCUT2D eigenvalue weighted by atomic mass is 9.90. The third-order valence-corrected chi connectivity index (χ3v) is 4.86. The predicted molar refractivity (Wildman–Crippen MR) is 102 cm³/mol. The van der Waals surface area contributed by atoms with Crippen LogP contribution in [0.15, 0.2) is 67.3 Å². The highest BCUT2D eigenvalue weighted by atomic mass is 35.5. The molecule has 130 valence electrons. The molecule has 0 unspecified atom stereocenters. The fourth-order valence-corrected chi connectivity index (χ4v) is 3.28. The van der Waals surface area contributed by atoms with Crippen molar-refractivity contribution < 1.29 is 9.90 Å². The number of hydrogen-bond donors (Lipinski definition) is 1. The van der Waals surface area contributed by atoms with Gasteiger partial charge in [0, 0.05) is 17.3 Å². The fraction of sp³-hybridized carbons (Fsp3) is 0.286. The van der Waals surface area contributed by atoms with Crippen LogP contribution in [-0.4, -0.2) is 17.6 Å². The van der Waals surface area contributed by atoms with E-state index in [-0.39, 0.29) is 11.8 Å². The Morgan fingerprint density at radius 3 is 2.40 bits per heavy atom. The number of amides is 1. The van der Waals surface area contributed by atoms with Crippen molar-refractivity contribution in [1.82, 2.24) is 0 Å². The molecule has 4 heteroatoms. The van der Waals surface area contributed by atoms with Gasteiger partial charge in [0.1, 0.15) is 0 Å². The number of anilines is 1. The van der Waals surface area contributed by atoms with Gasteiger partial charge in [-0.1, -0.05) is 48.0 Å². The zero-order valence-corrected chi connectivity index (χ0v) is 14.8. The molecule has 3 rings (SSSR count). The normalized spacial score (nSPS) is 16.1. The highest BCUT2D eigenvalue weighted by molar-refractivity contribution is 6.30. The maximum Gasteiger partial charge on any atom is 0.233 e. The van der Waals surface area contributed by atoms with Crippen molar-refractivity contribution in [1.29, 1.82) is 0 Å². The Morgan fingerprint density at radius 1 is 1.20 bits per heavy atom. The molecule has 1 aliphatic carbocycles. The maximum atomic E-state index is 13.3. The lowest BCUT2D eigenvalue weighted by molar-refractivity contribution is -0.126. The first-order chi connectivity index (χ1) is 12.1. The van der Waals surface area contributed by atoms with E-state index in [1.807, 2.05) is 30.3 Å². The highest BCUT2D eigenvalue weighted by Gasteiger charge is 2.43. The van der Waals surface area contributed by atoms with Crippen molar-refractivity contribution in [3.05, 3.63) is 77.8 Å². The largest absolute Gasteiger partial charge is 0.388 e. The second kappa shape index (κ2) is 7.85. The third kappa shape index (κ3) is 4.12. The van der Waals surface area contributed by atoms with Gasteiger partial charge < -0.3 is 10.0 Å². The monoisotopic (exact) mass is 355 g/mol. The molecule has 3 nitrogen and oxygen atoms in total. The number of aliphatic hydroxyl groups is 1. The Bertz CT molecular complexity index is 725. The summed E-state index contributed by atoms with van der Waals surface area (Å²) in [7, 11) is 0. The van der Waals surface area contributed by atoms with Crippen molar-refractivity contribution in [2.75, 3.05) is 11.4 Å². The van der Waals surface area contributed by atoms with Crippen LogP contribution in [-0.2, 0) is 4.79 Å². The van der Waals surface area contributed by atoms with Crippen LogP contribution in [0, 0.1) is 11.8 Å². The predicted octanol–water partition coefficient (Wildman–Crippen LogP) is 4.62. The molecule has 0 bridgehead atoms. The van der Waals surface area contributed by atoms with Gasteiger partial charge >= 0.3 is 0 Å². The summed E-state index contributed by atoms with van der Waals surface area (Å²) in [5.74, 6) is -0.299. The first-order valence-electron chi connectivity index (χ1n) is 8.52. The number of carbonyl (C=O) groups is 1. The van der Waals surface area contributed by atoms with Crippen molar-refractivity contribution in [3.8, 4) is 0 Å². The Labute approximate surface area is 153 Å². The van der Waals surface area contributed by atoms with E-state index >= 15 is 0 Å². The van der Waals surface area contributed by atoms with Crippen molar-refractivity contribution in [2.24, 2.45) is 11.8 Å². The van der Waals surface area contributed by atoms with Crippen LogP contribution in [0.1, 0.15) is 24.5 Å². The summed E-state index contributed by atoms with van der Waals surface area (Å²) in [4.78, 5) is 15.0. The second-order valence-electron chi connectivity index (χ2n) is 6.43. The lowest BCUT2D eigenvalue weighted by Crippen LogP contribution is -2.40. The minimum atomic E-state index is -0.840. The number of aliphatic hydroxyl groups excluding tert-OH is 1. The number of carbonyl (C=O) groups excluding carboxylic acids is 1. The third-order valence-electron chi connectivity index (χ3n) is 4.61. The summed E-state index contributed by atoms with van der Waals surface area (Å²) in [6.07, 6.45) is 2.81. The minimum Gasteiger partial charge on any atom is -0.388 e. The van der Waals surface area contributed by atoms with Crippen LogP contribution in [0.25, 0.3) is 0 Å². The summed E-state index contributed by atoms with van der Waals surface area (Å²) in [5.41, 5.74) is 1.54. The standard InChI is InChI=1S/C21H22ClNO2/c1-2-14-23(18-6-4-3-5-7-18)21(25)19(15-8-9-15)20(24)16-10-12-17(22)13-11-16/h2-7,10-13,15,19-20,24H,1,8-9,14H2/t19-,20-/m0/s1. The van der Waals surface area contributed by atoms with E-state index < -0.39 is 12.0 Å². The van der Waals surface area contributed by atoms with Crippen molar-refractivity contribution >= 4 is 23.2 Å². The Morgan fingerprint density at radius 2 is 1.84 bits per heavy atom. The van der Waals surface area contributed by atoms with Crippen LogP contribution in [0.4, 0.5) is 5.69 Å². The molecule has 1 aliphatic rings.